The van der Waals surface area contributed by atoms with Gasteiger partial charge >= 0.3 is 11.9 Å². The van der Waals surface area contributed by atoms with Crippen molar-refractivity contribution in [1.82, 2.24) is 0 Å². The summed E-state index contributed by atoms with van der Waals surface area (Å²) in [5.74, 6) is -1.31. The Bertz CT molecular complexity index is 956. The molecule has 0 bridgehead atoms. The van der Waals surface area contributed by atoms with Crippen LogP contribution >= 0.6 is 11.6 Å². The zero-order valence-corrected chi connectivity index (χ0v) is 16.7. The van der Waals surface area contributed by atoms with E-state index in [1.165, 1.54) is 12.3 Å². The fraction of sp³-hybridized carbons (Fsp3) is 0.294. The van der Waals surface area contributed by atoms with Gasteiger partial charge in [0.2, 0.25) is 16.8 Å². The van der Waals surface area contributed by atoms with Crippen molar-refractivity contribution in [2.24, 2.45) is 11.1 Å². The first-order valence-electron chi connectivity index (χ1n) is 8.06. The third-order valence-electron chi connectivity index (χ3n) is 3.49. The predicted molar refractivity (Wildman–Crippen MR) is 100 cm³/mol. The molecular weight excluding hydrogens is 412 g/mol. The van der Waals surface area contributed by atoms with E-state index in [9.17, 15) is 18.0 Å². The lowest BCUT2D eigenvalue weighted by Crippen LogP contribution is -2.19. The van der Waals surface area contributed by atoms with E-state index in [4.69, 9.17) is 30.6 Å². The van der Waals surface area contributed by atoms with Crippen molar-refractivity contribution in [2.45, 2.75) is 25.3 Å². The Morgan fingerprint density at radius 1 is 1.29 bits per heavy atom. The minimum absolute atomic E-state index is 0.152. The van der Waals surface area contributed by atoms with Gasteiger partial charge in [0.05, 0.1) is 35.0 Å². The Morgan fingerprint density at radius 3 is 2.57 bits per heavy atom. The molecule has 152 valence electrons. The molecule has 9 nitrogen and oxygen atoms in total. The second-order valence-electron chi connectivity index (χ2n) is 5.97. The quantitative estimate of drug-likeness (QED) is 0.481. The van der Waals surface area contributed by atoms with Crippen LogP contribution < -0.4 is 10.5 Å². The molecule has 28 heavy (non-hydrogen) atoms. The van der Waals surface area contributed by atoms with Gasteiger partial charge in [-0.3, -0.25) is 4.79 Å². The number of anilines is 1. The van der Waals surface area contributed by atoms with Crippen LogP contribution in [0.3, 0.4) is 0 Å². The van der Waals surface area contributed by atoms with Gasteiger partial charge in [0.1, 0.15) is 10.7 Å². The molecule has 0 saturated heterocycles. The van der Waals surface area contributed by atoms with Crippen LogP contribution in [-0.4, -0.2) is 27.1 Å². The first-order valence-corrected chi connectivity index (χ1v) is 9.98. The van der Waals surface area contributed by atoms with E-state index in [1.54, 1.807) is 26.0 Å². The number of halogens is 1. The smallest absolute Gasteiger partial charge is 0.343 e. The number of benzene rings is 1. The Kier molecular flexibility index (Phi) is 7.05. The van der Waals surface area contributed by atoms with E-state index in [2.05, 4.69) is 5.32 Å². The normalized spacial score (nSPS) is 11.3. The lowest BCUT2D eigenvalue weighted by molar-refractivity contribution is -0.155. The second kappa shape index (κ2) is 9.09. The van der Waals surface area contributed by atoms with E-state index in [-0.39, 0.29) is 22.8 Å². The summed E-state index contributed by atoms with van der Waals surface area (Å²) in [5.41, 5.74) is 0.0366. The minimum Gasteiger partial charge on any atom is -0.467 e. The molecule has 3 N–H and O–H groups in total. The molecule has 1 aromatic heterocycles. The topological polar surface area (TPSA) is 138 Å². The Labute approximate surface area is 166 Å². The van der Waals surface area contributed by atoms with E-state index in [1.807, 2.05) is 0 Å². The number of sulfonamides is 1. The van der Waals surface area contributed by atoms with Crippen LogP contribution in [0, 0.1) is 5.92 Å². The van der Waals surface area contributed by atoms with E-state index < -0.39 is 39.6 Å². The number of nitrogens with two attached hydrogens (primary N) is 1. The predicted octanol–water partition coefficient (Wildman–Crippen LogP) is 2.51. The molecule has 2 aromatic rings. The highest BCUT2D eigenvalue weighted by Crippen LogP contribution is 2.29. The van der Waals surface area contributed by atoms with Crippen LogP contribution in [0.15, 0.2) is 39.8 Å². The van der Waals surface area contributed by atoms with Gasteiger partial charge in [0, 0.05) is 0 Å². The number of carbonyl (C=O) groups is 2. The SMILES string of the molecule is CC(C)C(=O)OCOC(=O)c1cc(S(N)(=O)=O)c(Cl)cc1NCc1ccco1. The van der Waals surface area contributed by atoms with E-state index >= 15 is 0 Å². The number of rotatable bonds is 8. The summed E-state index contributed by atoms with van der Waals surface area (Å²) in [4.78, 5) is 23.4. The summed E-state index contributed by atoms with van der Waals surface area (Å²) in [6, 6.07) is 5.62. The highest BCUT2D eigenvalue weighted by atomic mass is 35.5. The Morgan fingerprint density at radius 2 is 2.00 bits per heavy atom. The van der Waals surface area contributed by atoms with Gasteiger partial charge in [0.25, 0.3) is 0 Å². The standard InChI is InChI=1S/C17H19ClN2O7S/c1-10(2)16(21)26-9-27-17(22)12-6-15(28(19,23)24)13(18)7-14(12)20-8-11-4-3-5-25-11/h3-7,10,20H,8-9H2,1-2H3,(H2,19,23,24). The van der Waals surface area contributed by atoms with Crippen molar-refractivity contribution >= 4 is 39.3 Å². The number of nitrogens with one attached hydrogen (secondary N) is 1. The van der Waals surface area contributed by atoms with Gasteiger partial charge in [0.15, 0.2) is 0 Å². The molecule has 2 rings (SSSR count). The molecule has 0 fully saturated rings. The molecule has 0 amide bonds. The van der Waals surface area contributed by atoms with Crippen LogP contribution in [0.5, 0.6) is 0 Å². The average molecular weight is 431 g/mol. The Balaban J connectivity index is 2.26. The molecule has 11 heteroatoms. The maximum atomic E-state index is 12.4. The van der Waals surface area contributed by atoms with Gasteiger partial charge in [-0.25, -0.2) is 18.4 Å². The third-order valence-corrected chi connectivity index (χ3v) is 4.87. The molecule has 0 saturated carbocycles. The lowest BCUT2D eigenvalue weighted by Gasteiger charge is -2.14. The van der Waals surface area contributed by atoms with Crippen LogP contribution in [-0.2, 0) is 30.8 Å². The number of hydrogen-bond donors (Lipinski definition) is 2. The zero-order valence-electron chi connectivity index (χ0n) is 15.1. The molecular formula is C17H19ClN2O7S. The molecule has 0 atom stereocenters. The monoisotopic (exact) mass is 430 g/mol. The first-order chi connectivity index (χ1) is 13.1. The number of ether oxygens (including phenoxy) is 2. The molecule has 0 aliphatic rings. The summed E-state index contributed by atoms with van der Waals surface area (Å²) >= 11 is 5.99. The first kappa shape index (κ1) is 21.7. The van der Waals surface area contributed by atoms with Crippen LogP contribution in [0.2, 0.25) is 5.02 Å². The van der Waals surface area contributed by atoms with Gasteiger partial charge in [-0.2, -0.15) is 0 Å². The summed E-state index contributed by atoms with van der Waals surface area (Å²) < 4.78 is 38.3. The fourth-order valence-corrected chi connectivity index (χ4v) is 3.17. The summed E-state index contributed by atoms with van der Waals surface area (Å²) in [6.07, 6.45) is 1.48. The van der Waals surface area contributed by atoms with Crippen LogP contribution in [0.1, 0.15) is 30.0 Å². The zero-order chi connectivity index (χ0) is 20.9. The number of esters is 2. The van der Waals surface area contributed by atoms with Crippen molar-refractivity contribution < 1.29 is 31.9 Å². The van der Waals surface area contributed by atoms with Crippen molar-refractivity contribution in [3.8, 4) is 0 Å². The second-order valence-corrected chi connectivity index (χ2v) is 7.91. The summed E-state index contributed by atoms with van der Waals surface area (Å²) in [7, 11) is -4.18. The maximum absolute atomic E-state index is 12.4. The number of hydrogen-bond acceptors (Lipinski definition) is 8. The molecule has 0 spiro atoms. The summed E-state index contributed by atoms with van der Waals surface area (Å²) in [5, 5.41) is 7.87. The molecule has 0 radical (unpaired) electrons. The maximum Gasteiger partial charge on any atom is 0.343 e. The Hall–Kier alpha value is -2.56. The van der Waals surface area contributed by atoms with Gasteiger partial charge in [-0.15, -0.1) is 0 Å². The van der Waals surface area contributed by atoms with Crippen molar-refractivity contribution in [3.63, 3.8) is 0 Å². The number of carbonyl (C=O) groups excluding carboxylic acids is 2. The van der Waals surface area contributed by atoms with Crippen molar-refractivity contribution in [1.29, 1.82) is 0 Å². The number of furan rings is 1. The molecule has 1 heterocycles. The largest absolute Gasteiger partial charge is 0.467 e. The van der Waals surface area contributed by atoms with E-state index in [0.29, 0.717) is 5.76 Å². The van der Waals surface area contributed by atoms with Crippen LogP contribution in [0.4, 0.5) is 5.69 Å². The van der Waals surface area contributed by atoms with E-state index in [0.717, 1.165) is 6.07 Å². The minimum atomic E-state index is -4.18. The highest BCUT2D eigenvalue weighted by Gasteiger charge is 2.22. The number of primary sulfonamides is 1. The molecule has 1 aromatic carbocycles. The fourth-order valence-electron chi connectivity index (χ4n) is 2.07. The summed E-state index contributed by atoms with van der Waals surface area (Å²) in [6.45, 7) is 2.82. The molecule has 0 unspecified atom stereocenters. The van der Waals surface area contributed by atoms with Crippen molar-refractivity contribution in [2.75, 3.05) is 12.1 Å². The van der Waals surface area contributed by atoms with Gasteiger partial charge in [-0.1, -0.05) is 25.4 Å². The lowest BCUT2D eigenvalue weighted by atomic mass is 10.1. The van der Waals surface area contributed by atoms with Crippen molar-refractivity contribution in [3.05, 3.63) is 46.9 Å². The van der Waals surface area contributed by atoms with Gasteiger partial charge in [-0.05, 0) is 24.3 Å². The molecule has 0 aliphatic heterocycles. The third kappa shape index (κ3) is 5.72. The average Bonchev–Trinajstić information content (AvgIpc) is 3.11. The van der Waals surface area contributed by atoms with Crippen LogP contribution in [0.25, 0.3) is 0 Å². The van der Waals surface area contributed by atoms with Gasteiger partial charge < -0.3 is 19.2 Å². The molecule has 0 aliphatic carbocycles. The highest BCUT2D eigenvalue weighted by molar-refractivity contribution is 7.89.